The summed E-state index contributed by atoms with van der Waals surface area (Å²) in [7, 11) is 0. The van der Waals surface area contributed by atoms with Gasteiger partial charge in [-0.2, -0.15) is 12.6 Å². The molecule has 4 nitrogen and oxygen atoms in total. The molecule has 1 saturated heterocycles. The Hall–Kier alpha value is -1.46. The van der Waals surface area contributed by atoms with Gasteiger partial charge in [-0.05, 0) is 42.4 Å². The molecule has 0 atom stereocenters. The summed E-state index contributed by atoms with van der Waals surface area (Å²) in [5.74, 6) is 0.459. The van der Waals surface area contributed by atoms with Gasteiger partial charge in [0.05, 0.1) is 0 Å². The lowest BCUT2D eigenvalue weighted by molar-refractivity contribution is -0.122. The molecule has 0 saturated carbocycles. The standard InChI is InChI=1S/C14H15ClN2O2S/c15-11-5-3-10(4-6-11)9-12-13(18)17(14(19)16-12)7-1-2-8-20/h3-6,9,20H,1-2,7-8H2,(H,16,19)/b12-9+. The number of rotatable bonds is 5. The van der Waals surface area contributed by atoms with Crippen molar-refractivity contribution in [2.45, 2.75) is 12.8 Å². The van der Waals surface area contributed by atoms with E-state index in [1.807, 2.05) is 0 Å². The van der Waals surface area contributed by atoms with Crippen LogP contribution in [-0.4, -0.2) is 29.1 Å². The third-order valence-corrected chi connectivity index (χ3v) is 3.50. The van der Waals surface area contributed by atoms with Crippen molar-refractivity contribution >= 4 is 42.2 Å². The number of hydrogen-bond acceptors (Lipinski definition) is 3. The number of carbonyl (C=O) groups is 2. The number of hydrogen-bond donors (Lipinski definition) is 2. The first-order valence-corrected chi connectivity index (χ1v) is 7.34. The van der Waals surface area contributed by atoms with Crippen LogP contribution in [0.3, 0.4) is 0 Å². The van der Waals surface area contributed by atoms with Gasteiger partial charge in [-0.15, -0.1) is 0 Å². The van der Waals surface area contributed by atoms with Crippen LogP contribution in [0.1, 0.15) is 18.4 Å². The molecular weight excluding hydrogens is 296 g/mol. The Kier molecular flexibility index (Phi) is 5.09. The molecule has 0 unspecified atom stereocenters. The lowest BCUT2D eigenvalue weighted by atomic mass is 10.2. The molecule has 0 aromatic heterocycles. The molecule has 106 valence electrons. The number of halogens is 1. The second-order valence-electron chi connectivity index (χ2n) is 4.43. The van der Waals surface area contributed by atoms with E-state index in [1.165, 1.54) is 4.90 Å². The van der Waals surface area contributed by atoms with Gasteiger partial charge in [0.2, 0.25) is 0 Å². The summed E-state index contributed by atoms with van der Waals surface area (Å²) < 4.78 is 0. The molecule has 6 heteroatoms. The zero-order valence-corrected chi connectivity index (χ0v) is 12.5. The first kappa shape index (κ1) is 14.9. The Bertz CT molecular complexity index is 543. The Labute approximate surface area is 128 Å². The second-order valence-corrected chi connectivity index (χ2v) is 5.31. The van der Waals surface area contributed by atoms with Crippen LogP contribution in [-0.2, 0) is 4.79 Å². The maximum atomic E-state index is 12.1. The molecule has 1 aromatic carbocycles. The second kappa shape index (κ2) is 6.81. The SMILES string of the molecule is O=C1N/C(=C/c2ccc(Cl)cc2)C(=O)N1CCCCS. The van der Waals surface area contributed by atoms with E-state index < -0.39 is 0 Å². The Balaban J connectivity index is 2.09. The highest BCUT2D eigenvalue weighted by molar-refractivity contribution is 7.80. The van der Waals surface area contributed by atoms with Crippen LogP contribution in [0.15, 0.2) is 30.0 Å². The maximum absolute atomic E-state index is 12.1. The zero-order valence-electron chi connectivity index (χ0n) is 10.8. The van der Waals surface area contributed by atoms with Crippen LogP contribution in [0, 0.1) is 0 Å². The summed E-state index contributed by atoms with van der Waals surface area (Å²) in [5, 5.41) is 3.22. The van der Waals surface area contributed by atoms with Gasteiger partial charge in [0.25, 0.3) is 5.91 Å². The molecule has 1 aliphatic rings. The molecule has 1 aromatic rings. The Morgan fingerprint density at radius 3 is 2.55 bits per heavy atom. The summed E-state index contributed by atoms with van der Waals surface area (Å²) >= 11 is 9.91. The lowest BCUT2D eigenvalue weighted by Gasteiger charge is -2.10. The van der Waals surface area contributed by atoms with Gasteiger partial charge in [0.1, 0.15) is 5.70 Å². The Morgan fingerprint density at radius 2 is 1.90 bits per heavy atom. The van der Waals surface area contributed by atoms with E-state index in [1.54, 1.807) is 30.3 Å². The number of imide groups is 1. The average molecular weight is 311 g/mol. The van der Waals surface area contributed by atoms with Crippen LogP contribution >= 0.6 is 24.2 Å². The number of benzene rings is 1. The summed E-state index contributed by atoms with van der Waals surface area (Å²) in [6.07, 6.45) is 3.28. The Morgan fingerprint density at radius 1 is 1.20 bits per heavy atom. The normalized spacial score (nSPS) is 16.9. The van der Waals surface area contributed by atoms with Crippen LogP contribution < -0.4 is 5.32 Å². The molecule has 1 N–H and O–H groups in total. The fourth-order valence-corrected chi connectivity index (χ4v) is 2.23. The number of thiol groups is 1. The number of amides is 3. The van der Waals surface area contributed by atoms with E-state index in [4.69, 9.17) is 11.6 Å². The fraction of sp³-hybridized carbons (Fsp3) is 0.286. The molecule has 2 rings (SSSR count). The minimum absolute atomic E-state index is 0.288. The molecule has 1 heterocycles. The van der Waals surface area contributed by atoms with Crippen LogP contribution in [0.5, 0.6) is 0 Å². The van der Waals surface area contributed by atoms with E-state index in [2.05, 4.69) is 17.9 Å². The van der Waals surface area contributed by atoms with Gasteiger partial charge in [-0.1, -0.05) is 23.7 Å². The predicted octanol–water partition coefficient (Wildman–Crippen LogP) is 2.94. The van der Waals surface area contributed by atoms with Gasteiger partial charge >= 0.3 is 6.03 Å². The van der Waals surface area contributed by atoms with Crippen LogP contribution in [0.4, 0.5) is 4.79 Å². The monoisotopic (exact) mass is 310 g/mol. The van der Waals surface area contributed by atoms with Crippen LogP contribution in [0.25, 0.3) is 6.08 Å². The summed E-state index contributed by atoms with van der Waals surface area (Å²) in [5.41, 5.74) is 1.11. The third kappa shape index (κ3) is 3.55. The van der Waals surface area contributed by atoms with Crippen molar-refractivity contribution in [3.05, 3.63) is 40.5 Å². The molecule has 20 heavy (non-hydrogen) atoms. The smallest absolute Gasteiger partial charge is 0.303 e. The summed E-state index contributed by atoms with van der Waals surface area (Å²) in [6.45, 7) is 0.420. The van der Waals surface area contributed by atoms with E-state index in [0.717, 1.165) is 24.2 Å². The van der Waals surface area contributed by atoms with Crippen molar-refractivity contribution in [3.63, 3.8) is 0 Å². The zero-order chi connectivity index (χ0) is 14.5. The van der Waals surface area contributed by atoms with Crippen molar-refractivity contribution in [3.8, 4) is 0 Å². The number of nitrogens with zero attached hydrogens (tertiary/aromatic N) is 1. The molecule has 0 aliphatic carbocycles. The van der Waals surface area contributed by atoms with E-state index >= 15 is 0 Å². The highest BCUT2D eigenvalue weighted by Crippen LogP contribution is 2.16. The van der Waals surface area contributed by atoms with E-state index in [9.17, 15) is 9.59 Å². The van der Waals surface area contributed by atoms with Gasteiger partial charge in [0.15, 0.2) is 0 Å². The molecule has 0 radical (unpaired) electrons. The predicted molar refractivity (Wildman–Crippen MR) is 82.8 cm³/mol. The van der Waals surface area contributed by atoms with Gasteiger partial charge in [0, 0.05) is 11.6 Å². The highest BCUT2D eigenvalue weighted by Gasteiger charge is 2.32. The van der Waals surface area contributed by atoms with E-state index in [0.29, 0.717) is 17.3 Å². The van der Waals surface area contributed by atoms with Gasteiger partial charge < -0.3 is 5.32 Å². The number of nitrogens with one attached hydrogen (secondary N) is 1. The molecule has 1 fully saturated rings. The van der Waals surface area contributed by atoms with Crippen LogP contribution in [0.2, 0.25) is 5.02 Å². The van der Waals surface area contributed by atoms with E-state index in [-0.39, 0.29) is 11.9 Å². The number of urea groups is 1. The number of carbonyl (C=O) groups excluding carboxylic acids is 2. The van der Waals surface area contributed by atoms with Crippen molar-refractivity contribution in [2.24, 2.45) is 0 Å². The lowest BCUT2D eigenvalue weighted by Crippen LogP contribution is -2.31. The summed E-state index contributed by atoms with van der Waals surface area (Å²) in [4.78, 5) is 25.1. The maximum Gasteiger partial charge on any atom is 0.329 e. The average Bonchev–Trinajstić information content (AvgIpc) is 2.69. The molecule has 3 amide bonds. The first-order valence-electron chi connectivity index (χ1n) is 6.33. The first-order chi connectivity index (χ1) is 9.61. The third-order valence-electron chi connectivity index (χ3n) is 2.93. The van der Waals surface area contributed by atoms with Crippen molar-refractivity contribution in [1.82, 2.24) is 10.2 Å². The minimum atomic E-state index is -0.366. The molecular formula is C14H15ClN2O2S. The van der Waals surface area contributed by atoms with Gasteiger partial charge in [-0.25, -0.2) is 4.79 Å². The summed E-state index contributed by atoms with van der Waals surface area (Å²) in [6, 6.07) is 6.69. The molecule has 0 bridgehead atoms. The highest BCUT2D eigenvalue weighted by atomic mass is 35.5. The largest absolute Gasteiger partial charge is 0.329 e. The minimum Gasteiger partial charge on any atom is -0.303 e. The van der Waals surface area contributed by atoms with Crippen molar-refractivity contribution in [1.29, 1.82) is 0 Å². The van der Waals surface area contributed by atoms with Crippen molar-refractivity contribution in [2.75, 3.05) is 12.3 Å². The topological polar surface area (TPSA) is 49.4 Å². The quantitative estimate of drug-likeness (QED) is 0.380. The molecule has 1 aliphatic heterocycles. The fourth-order valence-electron chi connectivity index (χ4n) is 1.88. The molecule has 0 spiro atoms. The van der Waals surface area contributed by atoms with Gasteiger partial charge in [-0.3, -0.25) is 9.69 Å². The van der Waals surface area contributed by atoms with Crippen molar-refractivity contribution < 1.29 is 9.59 Å². The number of unbranched alkanes of at least 4 members (excludes halogenated alkanes) is 1.